The van der Waals surface area contributed by atoms with E-state index in [0.717, 1.165) is 0 Å². The Morgan fingerprint density at radius 2 is 1.80 bits per heavy atom. The average molecular weight is 150 g/mol. The summed E-state index contributed by atoms with van der Waals surface area (Å²) >= 11 is 0. The first kappa shape index (κ1) is 7.92. The van der Waals surface area contributed by atoms with Crippen LogP contribution in [0.2, 0.25) is 0 Å². The van der Waals surface area contributed by atoms with Gasteiger partial charge < -0.3 is 5.11 Å². The molecule has 0 bridgehead atoms. The molecule has 0 amide bonds. The Balaban J connectivity index is 2.70. The lowest BCUT2D eigenvalue weighted by Gasteiger charge is -2.28. The van der Waals surface area contributed by atoms with Crippen molar-refractivity contribution in [3.8, 4) is 0 Å². The van der Waals surface area contributed by atoms with Gasteiger partial charge in [-0.15, -0.1) is 0 Å². The first-order valence-electron chi connectivity index (χ1n) is 3.41. The lowest BCUT2D eigenvalue weighted by atomic mass is 9.88. The van der Waals surface area contributed by atoms with Crippen molar-refractivity contribution in [2.75, 3.05) is 0 Å². The number of hydrogen-bond acceptors (Lipinski definition) is 1. The molecule has 1 saturated carbocycles. The highest BCUT2D eigenvalue weighted by molar-refractivity contribution is 5.05. The molecule has 0 aromatic rings. The van der Waals surface area contributed by atoms with Gasteiger partial charge in [0.25, 0.3) is 0 Å². The van der Waals surface area contributed by atoms with Gasteiger partial charge >= 0.3 is 0 Å². The van der Waals surface area contributed by atoms with Crippen molar-refractivity contribution in [1.29, 1.82) is 0 Å². The Kier molecular flexibility index (Phi) is 1.51. The van der Waals surface area contributed by atoms with Crippen LogP contribution in [0.1, 0.15) is 26.7 Å². The highest BCUT2D eigenvalue weighted by Crippen LogP contribution is 2.57. The van der Waals surface area contributed by atoms with Crippen molar-refractivity contribution in [2.24, 2.45) is 5.41 Å². The molecule has 60 valence electrons. The normalized spacial score (nSPS) is 23.4. The van der Waals surface area contributed by atoms with Gasteiger partial charge in [0.1, 0.15) is 0 Å². The van der Waals surface area contributed by atoms with E-state index in [4.69, 9.17) is 0 Å². The molecule has 0 atom stereocenters. The van der Waals surface area contributed by atoms with Gasteiger partial charge in [-0.25, -0.2) is 8.78 Å². The average Bonchev–Trinajstić information content (AvgIpc) is 2.36. The molecule has 0 heterocycles. The van der Waals surface area contributed by atoms with E-state index in [2.05, 4.69) is 0 Å². The second-order valence-electron chi connectivity index (χ2n) is 3.52. The number of aliphatic hydroxyl groups is 1. The van der Waals surface area contributed by atoms with Gasteiger partial charge in [0.2, 0.25) is 6.43 Å². The SMILES string of the molecule is CC(C)(O)C1(C(F)F)CC1. The van der Waals surface area contributed by atoms with Gasteiger partial charge in [0, 0.05) is 0 Å². The Labute approximate surface area is 59.0 Å². The summed E-state index contributed by atoms with van der Waals surface area (Å²) in [7, 11) is 0. The topological polar surface area (TPSA) is 20.2 Å². The number of halogens is 2. The molecule has 0 saturated heterocycles. The van der Waals surface area contributed by atoms with E-state index >= 15 is 0 Å². The fraction of sp³-hybridized carbons (Fsp3) is 1.00. The monoisotopic (exact) mass is 150 g/mol. The lowest BCUT2D eigenvalue weighted by Crippen LogP contribution is -2.37. The summed E-state index contributed by atoms with van der Waals surface area (Å²) in [5, 5.41) is 9.30. The van der Waals surface area contributed by atoms with Gasteiger partial charge in [-0.2, -0.15) is 0 Å². The molecule has 0 radical (unpaired) electrons. The minimum Gasteiger partial charge on any atom is -0.390 e. The summed E-state index contributed by atoms with van der Waals surface area (Å²) in [6, 6.07) is 0. The Morgan fingerprint density at radius 3 is 1.80 bits per heavy atom. The maximum absolute atomic E-state index is 12.2. The fourth-order valence-corrected chi connectivity index (χ4v) is 1.23. The lowest BCUT2D eigenvalue weighted by molar-refractivity contribution is -0.0795. The summed E-state index contributed by atoms with van der Waals surface area (Å²) in [5.74, 6) is 0. The highest BCUT2D eigenvalue weighted by Gasteiger charge is 2.60. The molecule has 0 spiro atoms. The molecule has 0 aliphatic heterocycles. The van der Waals surface area contributed by atoms with Crippen molar-refractivity contribution >= 4 is 0 Å². The Morgan fingerprint density at radius 1 is 1.40 bits per heavy atom. The highest BCUT2D eigenvalue weighted by atomic mass is 19.3. The molecule has 0 aromatic carbocycles. The third-order valence-electron chi connectivity index (χ3n) is 2.42. The predicted octanol–water partition coefficient (Wildman–Crippen LogP) is 1.80. The third-order valence-corrected chi connectivity index (χ3v) is 2.42. The van der Waals surface area contributed by atoms with Crippen LogP contribution in [0, 0.1) is 5.41 Å². The standard InChI is InChI=1S/C7H12F2O/c1-6(2,10)7(3-4-7)5(8)9/h5,10H,3-4H2,1-2H3. The minimum atomic E-state index is -2.38. The summed E-state index contributed by atoms with van der Waals surface area (Å²) in [6.07, 6.45) is -1.48. The maximum atomic E-state index is 12.2. The largest absolute Gasteiger partial charge is 0.390 e. The number of alkyl halides is 2. The molecule has 1 rings (SSSR count). The van der Waals surface area contributed by atoms with Crippen LogP contribution in [0.15, 0.2) is 0 Å². The molecule has 1 nitrogen and oxygen atoms in total. The Bertz CT molecular complexity index is 133. The number of rotatable bonds is 2. The molecular weight excluding hydrogens is 138 g/mol. The molecule has 1 aliphatic rings. The quantitative estimate of drug-likeness (QED) is 0.636. The molecule has 0 unspecified atom stereocenters. The van der Waals surface area contributed by atoms with Crippen molar-refractivity contribution < 1.29 is 13.9 Å². The minimum absolute atomic E-state index is 0.453. The van der Waals surface area contributed by atoms with Crippen molar-refractivity contribution in [2.45, 2.75) is 38.7 Å². The van der Waals surface area contributed by atoms with Crippen LogP contribution in [-0.4, -0.2) is 17.1 Å². The summed E-state index contributed by atoms with van der Waals surface area (Å²) < 4.78 is 24.4. The van der Waals surface area contributed by atoms with Crippen LogP contribution in [0.4, 0.5) is 8.78 Å². The van der Waals surface area contributed by atoms with Crippen LogP contribution in [-0.2, 0) is 0 Å². The van der Waals surface area contributed by atoms with E-state index in [1.165, 1.54) is 13.8 Å². The van der Waals surface area contributed by atoms with Crippen LogP contribution in [0.3, 0.4) is 0 Å². The van der Waals surface area contributed by atoms with E-state index in [9.17, 15) is 13.9 Å². The zero-order valence-electron chi connectivity index (χ0n) is 6.19. The molecule has 10 heavy (non-hydrogen) atoms. The third kappa shape index (κ3) is 0.926. The number of hydrogen-bond donors (Lipinski definition) is 1. The van der Waals surface area contributed by atoms with Crippen molar-refractivity contribution in [3.05, 3.63) is 0 Å². The summed E-state index contributed by atoms with van der Waals surface area (Å²) in [6.45, 7) is 2.90. The van der Waals surface area contributed by atoms with E-state index in [0.29, 0.717) is 12.8 Å². The molecule has 1 aliphatic carbocycles. The molecule has 1 fully saturated rings. The fourth-order valence-electron chi connectivity index (χ4n) is 1.23. The van der Waals surface area contributed by atoms with Crippen LogP contribution < -0.4 is 0 Å². The summed E-state index contributed by atoms with van der Waals surface area (Å²) in [5.41, 5.74) is -2.31. The van der Waals surface area contributed by atoms with E-state index in [1.807, 2.05) is 0 Å². The van der Waals surface area contributed by atoms with E-state index in [1.54, 1.807) is 0 Å². The van der Waals surface area contributed by atoms with Gasteiger partial charge in [-0.1, -0.05) is 0 Å². The van der Waals surface area contributed by atoms with Gasteiger partial charge in [0.15, 0.2) is 0 Å². The van der Waals surface area contributed by atoms with Crippen LogP contribution >= 0.6 is 0 Å². The van der Waals surface area contributed by atoms with Gasteiger partial charge in [-0.3, -0.25) is 0 Å². The maximum Gasteiger partial charge on any atom is 0.246 e. The van der Waals surface area contributed by atoms with Crippen molar-refractivity contribution in [1.82, 2.24) is 0 Å². The molecule has 3 heteroatoms. The van der Waals surface area contributed by atoms with E-state index in [-0.39, 0.29) is 0 Å². The molecular formula is C7H12F2O. The Hall–Kier alpha value is -0.180. The molecule has 1 N–H and O–H groups in total. The first-order valence-corrected chi connectivity index (χ1v) is 3.41. The summed E-state index contributed by atoms with van der Waals surface area (Å²) in [4.78, 5) is 0. The van der Waals surface area contributed by atoms with Gasteiger partial charge in [0.05, 0.1) is 11.0 Å². The predicted molar refractivity (Wildman–Crippen MR) is 34.0 cm³/mol. The van der Waals surface area contributed by atoms with E-state index < -0.39 is 17.4 Å². The first-order chi connectivity index (χ1) is 4.40. The zero-order valence-corrected chi connectivity index (χ0v) is 6.19. The second-order valence-corrected chi connectivity index (χ2v) is 3.52. The second kappa shape index (κ2) is 1.91. The van der Waals surface area contributed by atoms with Crippen molar-refractivity contribution in [3.63, 3.8) is 0 Å². The smallest absolute Gasteiger partial charge is 0.246 e. The van der Waals surface area contributed by atoms with Gasteiger partial charge in [-0.05, 0) is 26.7 Å². The zero-order chi connectivity index (χ0) is 7.99. The molecule has 0 aromatic heterocycles. The van der Waals surface area contributed by atoms with Crippen LogP contribution in [0.5, 0.6) is 0 Å². The van der Waals surface area contributed by atoms with Crippen LogP contribution in [0.25, 0.3) is 0 Å².